The first-order chi connectivity index (χ1) is 14.5. The second kappa shape index (κ2) is 12.3. The fraction of sp³-hybridized carbons (Fsp3) is 0.636. The molecule has 1 fully saturated rings. The van der Waals surface area contributed by atoms with E-state index in [-0.39, 0.29) is 11.8 Å². The van der Waals surface area contributed by atoms with E-state index < -0.39 is 0 Å². The Balaban J connectivity index is 1.89. The smallest absolute Gasteiger partial charge is 0.222 e. The van der Waals surface area contributed by atoms with Gasteiger partial charge in [0.25, 0.3) is 0 Å². The number of methoxy groups -OCH3 is 2. The molecule has 2 rings (SSSR count). The molecule has 1 amide bonds. The number of amides is 1. The van der Waals surface area contributed by atoms with Crippen LogP contribution in [0, 0.1) is 5.92 Å². The lowest BCUT2D eigenvalue weighted by atomic mass is 10.1. The van der Waals surface area contributed by atoms with Gasteiger partial charge in [0.05, 0.1) is 20.8 Å². The number of nitrogens with zero attached hydrogens (tertiary/aromatic N) is 3. The highest BCUT2D eigenvalue weighted by atomic mass is 16.5. The van der Waals surface area contributed by atoms with E-state index in [1.54, 1.807) is 14.2 Å². The summed E-state index contributed by atoms with van der Waals surface area (Å²) in [5, 5.41) is 6.28. The molecule has 0 spiro atoms. The largest absolute Gasteiger partial charge is 0.497 e. The fourth-order valence-corrected chi connectivity index (χ4v) is 3.34. The maximum Gasteiger partial charge on any atom is 0.222 e. The molecule has 0 aromatic heterocycles. The van der Waals surface area contributed by atoms with Gasteiger partial charge < -0.3 is 25.0 Å². The summed E-state index contributed by atoms with van der Waals surface area (Å²) in [6.45, 7) is 12.3. The molecule has 30 heavy (non-hydrogen) atoms. The van der Waals surface area contributed by atoms with Gasteiger partial charge in [0, 0.05) is 57.3 Å². The molecule has 0 unspecified atom stereocenters. The molecule has 2 N–H and O–H groups in total. The molecular formula is C22H37N5O3. The van der Waals surface area contributed by atoms with E-state index in [1.807, 2.05) is 32.0 Å². The number of guanidine groups is 1. The van der Waals surface area contributed by atoms with Crippen molar-refractivity contribution in [2.45, 2.75) is 27.3 Å². The van der Waals surface area contributed by atoms with Gasteiger partial charge in [-0.15, -0.1) is 0 Å². The average Bonchev–Trinajstić information content (AvgIpc) is 2.76. The minimum atomic E-state index is -0.00139. The van der Waals surface area contributed by atoms with Crippen molar-refractivity contribution < 1.29 is 14.3 Å². The number of hydrogen-bond acceptors (Lipinski definition) is 5. The number of ether oxygens (including phenoxy) is 2. The van der Waals surface area contributed by atoms with Gasteiger partial charge in [0.1, 0.15) is 11.5 Å². The first kappa shape index (κ1) is 23.8. The molecule has 1 aliphatic heterocycles. The maximum atomic E-state index is 11.7. The SMILES string of the molecule is CCNC(=NCCNC(=O)C(C)C)N1CCN(Cc2cc(OC)ccc2OC)CC1. The van der Waals surface area contributed by atoms with Crippen molar-refractivity contribution in [2.24, 2.45) is 10.9 Å². The highest BCUT2D eigenvalue weighted by molar-refractivity contribution is 5.80. The summed E-state index contributed by atoms with van der Waals surface area (Å²) in [6, 6.07) is 5.92. The van der Waals surface area contributed by atoms with Gasteiger partial charge in [-0.2, -0.15) is 0 Å². The van der Waals surface area contributed by atoms with Crippen LogP contribution >= 0.6 is 0 Å². The predicted octanol–water partition coefficient (Wildman–Crippen LogP) is 1.56. The molecule has 1 saturated heterocycles. The summed E-state index contributed by atoms with van der Waals surface area (Å²) < 4.78 is 10.9. The fourth-order valence-electron chi connectivity index (χ4n) is 3.34. The Morgan fingerprint density at radius 3 is 2.47 bits per heavy atom. The Bertz CT molecular complexity index is 700. The molecule has 0 atom stereocenters. The van der Waals surface area contributed by atoms with Crippen molar-refractivity contribution in [3.05, 3.63) is 23.8 Å². The number of hydrogen-bond donors (Lipinski definition) is 2. The molecule has 0 bridgehead atoms. The molecule has 1 heterocycles. The van der Waals surface area contributed by atoms with Crippen LogP contribution in [0.15, 0.2) is 23.2 Å². The Kier molecular flexibility index (Phi) is 9.73. The molecule has 0 radical (unpaired) electrons. The highest BCUT2D eigenvalue weighted by Crippen LogP contribution is 2.25. The third kappa shape index (κ3) is 7.09. The van der Waals surface area contributed by atoms with Crippen LogP contribution in [0.3, 0.4) is 0 Å². The van der Waals surface area contributed by atoms with Crippen LogP contribution in [-0.2, 0) is 11.3 Å². The molecule has 8 heteroatoms. The van der Waals surface area contributed by atoms with E-state index in [0.717, 1.165) is 62.3 Å². The number of benzene rings is 1. The van der Waals surface area contributed by atoms with E-state index in [9.17, 15) is 4.79 Å². The van der Waals surface area contributed by atoms with E-state index in [1.165, 1.54) is 0 Å². The first-order valence-electron chi connectivity index (χ1n) is 10.7. The third-order valence-corrected chi connectivity index (χ3v) is 5.09. The minimum absolute atomic E-state index is 0.00139. The third-order valence-electron chi connectivity index (χ3n) is 5.09. The van der Waals surface area contributed by atoms with Crippen LogP contribution in [0.5, 0.6) is 11.5 Å². The van der Waals surface area contributed by atoms with Crippen LogP contribution in [-0.4, -0.2) is 81.7 Å². The van der Waals surface area contributed by atoms with E-state index in [0.29, 0.717) is 13.1 Å². The topological polar surface area (TPSA) is 78.4 Å². The van der Waals surface area contributed by atoms with Crippen molar-refractivity contribution in [2.75, 3.05) is 60.0 Å². The standard InChI is InChI=1S/C22H37N5O3/c1-6-23-22(25-10-9-24-21(28)17(2)3)27-13-11-26(12-14-27)16-18-15-19(29-4)7-8-20(18)30-5/h7-8,15,17H,6,9-14,16H2,1-5H3,(H,23,25)(H,24,28). The Labute approximate surface area is 180 Å². The van der Waals surface area contributed by atoms with Gasteiger partial charge in [-0.1, -0.05) is 13.8 Å². The Hall–Kier alpha value is -2.48. The molecule has 1 aliphatic rings. The molecule has 0 saturated carbocycles. The number of aliphatic imine (C=N–C) groups is 1. The zero-order valence-electron chi connectivity index (χ0n) is 19.0. The first-order valence-corrected chi connectivity index (χ1v) is 10.7. The van der Waals surface area contributed by atoms with Gasteiger partial charge in [-0.25, -0.2) is 0 Å². The summed E-state index contributed by atoms with van der Waals surface area (Å²) >= 11 is 0. The second-order valence-electron chi connectivity index (χ2n) is 7.62. The van der Waals surface area contributed by atoms with Crippen molar-refractivity contribution in [3.63, 3.8) is 0 Å². The van der Waals surface area contributed by atoms with E-state index in [2.05, 4.69) is 32.3 Å². The van der Waals surface area contributed by atoms with Crippen molar-refractivity contribution in [1.29, 1.82) is 0 Å². The number of carbonyl (C=O) groups is 1. The zero-order valence-corrected chi connectivity index (χ0v) is 19.0. The maximum absolute atomic E-state index is 11.7. The van der Waals surface area contributed by atoms with E-state index in [4.69, 9.17) is 9.47 Å². The van der Waals surface area contributed by atoms with Crippen LogP contribution in [0.1, 0.15) is 26.3 Å². The Morgan fingerprint density at radius 2 is 1.87 bits per heavy atom. The number of nitrogens with one attached hydrogen (secondary N) is 2. The number of piperazine rings is 1. The van der Waals surface area contributed by atoms with Crippen LogP contribution in [0.4, 0.5) is 0 Å². The van der Waals surface area contributed by atoms with Crippen LogP contribution < -0.4 is 20.1 Å². The summed E-state index contributed by atoms with van der Waals surface area (Å²) in [7, 11) is 3.38. The summed E-state index contributed by atoms with van der Waals surface area (Å²) in [5.74, 6) is 2.71. The van der Waals surface area contributed by atoms with Crippen molar-refractivity contribution >= 4 is 11.9 Å². The monoisotopic (exact) mass is 419 g/mol. The van der Waals surface area contributed by atoms with E-state index >= 15 is 0 Å². The lowest BCUT2D eigenvalue weighted by Crippen LogP contribution is -2.52. The zero-order chi connectivity index (χ0) is 21.9. The molecule has 1 aromatic carbocycles. The second-order valence-corrected chi connectivity index (χ2v) is 7.62. The highest BCUT2D eigenvalue weighted by Gasteiger charge is 2.21. The van der Waals surface area contributed by atoms with Gasteiger partial charge in [-0.05, 0) is 25.1 Å². The van der Waals surface area contributed by atoms with Crippen LogP contribution in [0.2, 0.25) is 0 Å². The Morgan fingerprint density at radius 1 is 1.13 bits per heavy atom. The summed E-state index contributed by atoms with van der Waals surface area (Å²) in [5.41, 5.74) is 1.13. The molecule has 8 nitrogen and oxygen atoms in total. The van der Waals surface area contributed by atoms with Crippen molar-refractivity contribution in [1.82, 2.24) is 20.4 Å². The minimum Gasteiger partial charge on any atom is -0.497 e. The quantitative estimate of drug-likeness (QED) is 0.359. The molecule has 0 aliphatic carbocycles. The molecular weight excluding hydrogens is 382 g/mol. The molecule has 1 aromatic rings. The molecule has 168 valence electrons. The number of carbonyl (C=O) groups excluding carboxylic acids is 1. The normalized spacial score (nSPS) is 15.3. The number of rotatable bonds is 9. The van der Waals surface area contributed by atoms with Gasteiger partial charge >= 0.3 is 0 Å². The van der Waals surface area contributed by atoms with Gasteiger partial charge in [-0.3, -0.25) is 14.7 Å². The average molecular weight is 420 g/mol. The lowest BCUT2D eigenvalue weighted by Gasteiger charge is -2.36. The summed E-state index contributed by atoms with van der Waals surface area (Å²) in [6.07, 6.45) is 0. The van der Waals surface area contributed by atoms with Gasteiger partial charge in [0.15, 0.2) is 5.96 Å². The summed E-state index contributed by atoms with van der Waals surface area (Å²) in [4.78, 5) is 21.1. The van der Waals surface area contributed by atoms with Gasteiger partial charge in [0.2, 0.25) is 5.91 Å². The van der Waals surface area contributed by atoms with Crippen molar-refractivity contribution in [3.8, 4) is 11.5 Å². The predicted molar refractivity (Wildman–Crippen MR) is 120 cm³/mol. The lowest BCUT2D eigenvalue weighted by molar-refractivity contribution is -0.123. The van der Waals surface area contributed by atoms with Crippen LogP contribution in [0.25, 0.3) is 0 Å².